The van der Waals surface area contributed by atoms with Crippen LogP contribution in [0.2, 0.25) is 0 Å². The van der Waals surface area contributed by atoms with Crippen LogP contribution in [0.5, 0.6) is 0 Å². The van der Waals surface area contributed by atoms with Gasteiger partial charge in [-0.3, -0.25) is 4.90 Å². The van der Waals surface area contributed by atoms with Crippen LogP contribution in [0.4, 0.5) is 14.6 Å². The molecule has 1 aliphatic heterocycles. The Balaban J connectivity index is 1.74. The zero-order chi connectivity index (χ0) is 19.0. The van der Waals surface area contributed by atoms with E-state index in [1.807, 2.05) is 18.2 Å². The molecule has 4 nitrogen and oxygen atoms in total. The summed E-state index contributed by atoms with van der Waals surface area (Å²) in [7, 11) is 0. The van der Waals surface area contributed by atoms with Gasteiger partial charge >= 0.3 is 0 Å². The lowest BCUT2D eigenvalue weighted by Gasteiger charge is -2.30. The van der Waals surface area contributed by atoms with Crippen molar-refractivity contribution in [1.29, 1.82) is 0 Å². The number of fused-ring (bicyclic) bond motifs is 1. The van der Waals surface area contributed by atoms with Gasteiger partial charge in [-0.1, -0.05) is 12.1 Å². The fourth-order valence-electron chi connectivity index (χ4n) is 3.72. The number of halogens is 2. The van der Waals surface area contributed by atoms with Crippen molar-refractivity contribution in [2.75, 3.05) is 18.8 Å². The van der Waals surface area contributed by atoms with Crippen molar-refractivity contribution < 1.29 is 8.78 Å². The van der Waals surface area contributed by atoms with Crippen LogP contribution < -0.4 is 11.5 Å². The Kier molecular flexibility index (Phi) is 4.76. The predicted molar refractivity (Wildman–Crippen MR) is 104 cm³/mol. The topological polar surface area (TPSA) is 68.2 Å². The molecule has 140 valence electrons. The van der Waals surface area contributed by atoms with Crippen molar-refractivity contribution in [3.8, 4) is 11.1 Å². The number of hydrogen-bond acceptors (Lipinski definition) is 4. The Morgan fingerprint density at radius 1 is 1.00 bits per heavy atom. The molecule has 1 aromatic heterocycles. The zero-order valence-corrected chi connectivity index (χ0v) is 15.0. The first-order valence-corrected chi connectivity index (χ1v) is 9.11. The summed E-state index contributed by atoms with van der Waals surface area (Å²) in [5, 5.41) is 1.63. The van der Waals surface area contributed by atoms with Gasteiger partial charge in [0.1, 0.15) is 17.5 Å². The van der Waals surface area contributed by atoms with Gasteiger partial charge in [0, 0.05) is 35.8 Å². The summed E-state index contributed by atoms with van der Waals surface area (Å²) >= 11 is 0. The van der Waals surface area contributed by atoms with E-state index in [1.54, 1.807) is 6.20 Å². The minimum Gasteiger partial charge on any atom is -0.383 e. The van der Waals surface area contributed by atoms with Crippen LogP contribution in [0, 0.1) is 11.6 Å². The van der Waals surface area contributed by atoms with Crippen molar-refractivity contribution in [3.05, 3.63) is 59.8 Å². The van der Waals surface area contributed by atoms with Crippen molar-refractivity contribution in [3.63, 3.8) is 0 Å². The van der Waals surface area contributed by atoms with Gasteiger partial charge in [-0.25, -0.2) is 13.8 Å². The van der Waals surface area contributed by atoms with Gasteiger partial charge < -0.3 is 11.5 Å². The minimum absolute atomic E-state index is 0.290. The van der Waals surface area contributed by atoms with Crippen molar-refractivity contribution in [2.24, 2.45) is 5.73 Å². The monoisotopic (exact) mass is 368 g/mol. The standard InChI is InChI=1S/C21H22F2N4/c22-15-8-14(9-16(23)10-15)20-11-26-21(25)18-2-1-13(7-19(18)20)12-27-5-3-17(24)4-6-27/h1-2,7-11,17H,3-6,12,24H2,(H2,25,26). The Bertz CT molecular complexity index is 961. The number of rotatable bonds is 3. The van der Waals surface area contributed by atoms with Crippen molar-refractivity contribution >= 4 is 16.6 Å². The van der Waals surface area contributed by atoms with E-state index in [0.29, 0.717) is 23.0 Å². The van der Waals surface area contributed by atoms with E-state index in [0.717, 1.165) is 54.9 Å². The van der Waals surface area contributed by atoms with E-state index in [9.17, 15) is 8.78 Å². The molecule has 1 saturated heterocycles. The number of pyridine rings is 1. The molecular weight excluding hydrogens is 346 g/mol. The third kappa shape index (κ3) is 3.77. The Morgan fingerprint density at radius 2 is 1.70 bits per heavy atom. The van der Waals surface area contributed by atoms with E-state index >= 15 is 0 Å². The van der Waals surface area contributed by atoms with Crippen LogP contribution in [-0.2, 0) is 6.54 Å². The zero-order valence-electron chi connectivity index (χ0n) is 15.0. The van der Waals surface area contributed by atoms with Gasteiger partial charge in [-0.15, -0.1) is 0 Å². The van der Waals surface area contributed by atoms with Crippen molar-refractivity contribution in [2.45, 2.75) is 25.4 Å². The predicted octanol–water partition coefficient (Wildman–Crippen LogP) is 3.69. The molecule has 0 bridgehead atoms. The molecule has 4 rings (SSSR count). The van der Waals surface area contributed by atoms with Crippen LogP contribution in [0.3, 0.4) is 0 Å². The van der Waals surface area contributed by atoms with Gasteiger partial charge in [0.2, 0.25) is 0 Å². The quantitative estimate of drug-likeness (QED) is 0.740. The molecule has 3 aromatic rings. The molecule has 2 aromatic carbocycles. The lowest BCUT2D eigenvalue weighted by molar-refractivity contribution is 0.206. The summed E-state index contributed by atoms with van der Waals surface area (Å²) in [5.41, 5.74) is 14.3. The number of piperidine rings is 1. The number of hydrogen-bond donors (Lipinski definition) is 2. The normalized spacial score (nSPS) is 16.1. The molecule has 4 N–H and O–H groups in total. The smallest absolute Gasteiger partial charge is 0.131 e. The van der Waals surface area contributed by atoms with Crippen LogP contribution in [0.25, 0.3) is 21.9 Å². The average Bonchev–Trinajstić information content (AvgIpc) is 2.63. The maximum absolute atomic E-state index is 13.7. The summed E-state index contributed by atoms with van der Waals surface area (Å²) < 4.78 is 27.4. The highest BCUT2D eigenvalue weighted by molar-refractivity contribution is 6.01. The summed E-state index contributed by atoms with van der Waals surface area (Å²) in [6.07, 6.45) is 3.58. The largest absolute Gasteiger partial charge is 0.383 e. The molecule has 27 heavy (non-hydrogen) atoms. The maximum Gasteiger partial charge on any atom is 0.131 e. The molecule has 0 unspecified atom stereocenters. The second-order valence-corrected chi connectivity index (χ2v) is 7.21. The first-order chi connectivity index (χ1) is 13.0. The van der Waals surface area contributed by atoms with Crippen LogP contribution in [-0.4, -0.2) is 29.0 Å². The molecule has 0 atom stereocenters. The number of anilines is 1. The number of nitrogens with zero attached hydrogens (tertiary/aromatic N) is 2. The summed E-state index contributed by atoms with van der Waals surface area (Å²) in [5.74, 6) is -0.826. The van der Waals surface area contributed by atoms with Crippen molar-refractivity contribution in [1.82, 2.24) is 9.88 Å². The number of likely N-dealkylation sites (tertiary alicyclic amines) is 1. The molecule has 1 aliphatic rings. The highest BCUT2D eigenvalue weighted by Gasteiger charge is 2.17. The van der Waals surface area contributed by atoms with Gasteiger partial charge in [-0.05, 0) is 60.6 Å². The number of nitrogens with two attached hydrogens (primary N) is 2. The number of benzene rings is 2. The number of aromatic nitrogens is 1. The molecule has 0 saturated carbocycles. The molecule has 6 heteroatoms. The summed E-state index contributed by atoms with van der Waals surface area (Å²) in [6, 6.07) is 9.79. The van der Waals surface area contributed by atoms with E-state index in [4.69, 9.17) is 11.5 Å². The summed E-state index contributed by atoms with van der Waals surface area (Å²) in [4.78, 5) is 6.58. The van der Waals surface area contributed by atoms with E-state index in [2.05, 4.69) is 9.88 Å². The molecule has 2 heterocycles. The van der Waals surface area contributed by atoms with Gasteiger partial charge in [0.25, 0.3) is 0 Å². The Morgan fingerprint density at radius 3 is 2.41 bits per heavy atom. The maximum atomic E-state index is 13.7. The second kappa shape index (κ2) is 7.21. The SMILES string of the molecule is Nc1ncc(-c2cc(F)cc(F)c2)c2cc(CN3CCC(N)CC3)ccc12. The first kappa shape index (κ1) is 17.8. The first-order valence-electron chi connectivity index (χ1n) is 9.11. The third-order valence-electron chi connectivity index (χ3n) is 5.19. The lowest BCUT2D eigenvalue weighted by atomic mass is 9.98. The van der Waals surface area contributed by atoms with Gasteiger partial charge in [-0.2, -0.15) is 0 Å². The van der Waals surface area contributed by atoms with E-state index < -0.39 is 11.6 Å². The lowest BCUT2D eigenvalue weighted by Crippen LogP contribution is -2.39. The van der Waals surface area contributed by atoms with E-state index in [1.165, 1.54) is 12.1 Å². The average molecular weight is 368 g/mol. The molecule has 0 aliphatic carbocycles. The summed E-state index contributed by atoms with van der Waals surface area (Å²) in [6.45, 7) is 2.75. The highest BCUT2D eigenvalue weighted by atomic mass is 19.1. The molecule has 0 spiro atoms. The van der Waals surface area contributed by atoms with Crippen LogP contribution >= 0.6 is 0 Å². The van der Waals surface area contributed by atoms with Gasteiger partial charge in [0.05, 0.1) is 0 Å². The molecule has 0 radical (unpaired) electrons. The van der Waals surface area contributed by atoms with Gasteiger partial charge in [0.15, 0.2) is 0 Å². The number of nitrogen functional groups attached to an aromatic ring is 1. The van der Waals surface area contributed by atoms with E-state index in [-0.39, 0.29) is 0 Å². The fraction of sp³-hybridized carbons (Fsp3) is 0.286. The Labute approximate surface area is 156 Å². The van der Waals surface area contributed by atoms with Crippen LogP contribution in [0.1, 0.15) is 18.4 Å². The molecule has 0 amide bonds. The highest BCUT2D eigenvalue weighted by Crippen LogP contribution is 2.32. The second-order valence-electron chi connectivity index (χ2n) is 7.21. The molecule has 1 fully saturated rings. The Hall–Kier alpha value is -2.57. The fourth-order valence-corrected chi connectivity index (χ4v) is 3.72. The minimum atomic E-state index is -0.615. The third-order valence-corrected chi connectivity index (χ3v) is 5.19. The molecular formula is C21H22F2N4. The van der Waals surface area contributed by atoms with Crippen LogP contribution in [0.15, 0.2) is 42.6 Å².